The fourth-order valence-electron chi connectivity index (χ4n) is 2.08. The standard InChI is InChI=1S/C15H17N3S2/c1-10-9-19-14(17-10)7-8-16-11(2)15-18-12-5-3-4-6-13(12)20-15/h3-6,9,11,16H,7-8H2,1-2H3. The Hall–Kier alpha value is -1.30. The van der Waals surface area contributed by atoms with Crippen molar-refractivity contribution in [3.05, 3.63) is 45.4 Å². The van der Waals surface area contributed by atoms with Gasteiger partial charge in [-0.2, -0.15) is 0 Å². The number of aryl methyl sites for hydroxylation is 1. The van der Waals surface area contributed by atoms with Crippen LogP contribution in [0.25, 0.3) is 10.2 Å². The van der Waals surface area contributed by atoms with Crippen LogP contribution < -0.4 is 5.32 Å². The summed E-state index contributed by atoms with van der Waals surface area (Å²) in [5.41, 5.74) is 2.21. The van der Waals surface area contributed by atoms with E-state index in [9.17, 15) is 0 Å². The van der Waals surface area contributed by atoms with Crippen molar-refractivity contribution in [2.24, 2.45) is 0 Å². The van der Waals surface area contributed by atoms with Crippen LogP contribution in [0.5, 0.6) is 0 Å². The molecule has 2 aromatic heterocycles. The number of benzene rings is 1. The van der Waals surface area contributed by atoms with E-state index in [1.54, 1.807) is 22.7 Å². The average molecular weight is 303 g/mol. The van der Waals surface area contributed by atoms with Gasteiger partial charge in [-0.15, -0.1) is 22.7 Å². The van der Waals surface area contributed by atoms with Crippen LogP contribution in [0.15, 0.2) is 29.6 Å². The molecule has 0 aliphatic heterocycles. The summed E-state index contributed by atoms with van der Waals surface area (Å²) in [6, 6.07) is 8.58. The lowest BCUT2D eigenvalue weighted by molar-refractivity contribution is 0.574. The highest BCUT2D eigenvalue weighted by Gasteiger charge is 2.10. The van der Waals surface area contributed by atoms with Gasteiger partial charge in [0.2, 0.25) is 0 Å². The molecule has 5 heteroatoms. The molecule has 3 rings (SSSR count). The minimum atomic E-state index is 0.286. The Kier molecular flexibility index (Phi) is 4.10. The lowest BCUT2D eigenvalue weighted by Crippen LogP contribution is -2.21. The number of para-hydroxylation sites is 1. The van der Waals surface area contributed by atoms with Crippen LogP contribution in [0.2, 0.25) is 0 Å². The molecule has 1 N–H and O–H groups in total. The van der Waals surface area contributed by atoms with Gasteiger partial charge in [-0.1, -0.05) is 12.1 Å². The van der Waals surface area contributed by atoms with E-state index in [-0.39, 0.29) is 6.04 Å². The van der Waals surface area contributed by atoms with E-state index in [0.29, 0.717) is 0 Å². The predicted molar refractivity (Wildman–Crippen MR) is 86.6 cm³/mol. The molecule has 0 aliphatic carbocycles. The first kappa shape index (κ1) is 13.7. The summed E-state index contributed by atoms with van der Waals surface area (Å²) in [5.74, 6) is 0. The van der Waals surface area contributed by atoms with Gasteiger partial charge in [0.1, 0.15) is 5.01 Å². The van der Waals surface area contributed by atoms with Crippen molar-refractivity contribution in [2.45, 2.75) is 26.3 Å². The molecule has 104 valence electrons. The lowest BCUT2D eigenvalue weighted by Gasteiger charge is -2.09. The quantitative estimate of drug-likeness (QED) is 0.775. The zero-order valence-electron chi connectivity index (χ0n) is 11.6. The minimum absolute atomic E-state index is 0.286. The molecule has 2 heterocycles. The molecule has 3 aromatic rings. The van der Waals surface area contributed by atoms with Gasteiger partial charge < -0.3 is 5.32 Å². The Morgan fingerprint density at radius 1 is 1.25 bits per heavy atom. The monoisotopic (exact) mass is 303 g/mol. The van der Waals surface area contributed by atoms with Crippen LogP contribution in [-0.4, -0.2) is 16.5 Å². The van der Waals surface area contributed by atoms with Crippen LogP contribution in [0.3, 0.4) is 0 Å². The van der Waals surface area contributed by atoms with Crippen molar-refractivity contribution in [1.82, 2.24) is 15.3 Å². The molecule has 0 saturated carbocycles. The number of hydrogen-bond donors (Lipinski definition) is 1. The molecule has 0 bridgehead atoms. The molecular formula is C15H17N3S2. The number of nitrogens with zero attached hydrogens (tertiary/aromatic N) is 2. The topological polar surface area (TPSA) is 37.8 Å². The maximum Gasteiger partial charge on any atom is 0.111 e. The van der Waals surface area contributed by atoms with Crippen molar-refractivity contribution in [3.63, 3.8) is 0 Å². The van der Waals surface area contributed by atoms with E-state index in [2.05, 4.69) is 45.8 Å². The van der Waals surface area contributed by atoms with Gasteiger partial charge in [0.15, 0.2) is 0 Å². The third-order valence-electron chi connectivity index (χ3n) is 3.14. The Labute approximate surface area is 126 Å². The summed E-state index contributed by atoms with van der Waals surface area (Å²) in [6.07, 6.45) is 0.980. The third kappa shape index (κ3) is 3.06. The number of nitrogens with one attached hydrogen (secondary N) is 1. The van der Waals surface area contributed by atoms with Gasteiger partial charge in [0.25, 0.3) is 0 Å². The average Bonchev–Trinajstić information content (AvgIpc) is 3.04. The molecule has 0 aliphatic rings. The predicted octanol–water partition coefficient (Wildman–Crippen LogP) is 3.95. The fourth-order valence-corrected chi connectivity index (χ4v) is 3.85. The van der Waals surface area contributed by atoms with Crippen molar-refractivity contribution in [3.8, 4) is 0 Å². The van der Waals surface area contributed by atoms with Gasteiger partial charge in [0.05, 0.1) is 21.3 Å². The van der Waals surface area contributed by atoms with Crippen molar-refractivity contribution in [1.29, 1.82) is 0 Å². The first-order valence-electron chi connectivity index (χ1n) is 6.72. The van der Waals surface area contributed by atoms with Crippen LogP contribution in [-0.2, 0) is 6.42 Å². The highest BCUT2D eigenvalue weighted by molar-refractivity contribution is 7.18. The summed E-state index contributed by atoms with van der Waals surface area (Å²) in [4.78, 5) is 9.17. The summed E-state index contributed by atoms with van der Waals surface area (Å²) in [7, 11) is 0. The second kappa shape index (κ2) is 5.99. The number of fused-ring (bicyclic) bond motifs is 1. The molecule has 20 heavy (non-hydrogen) atoms. The van der Waals surface area contributed by atoms with Crippen LogP contribution >= 0.6 is 22.7 Å². The maximum absolute atomic E-state index is 4.69. The Bertz CT molecular complexity index is 669. The zero-order valence-corrected chi connectivity index (χ0v) is 13.2. The second-order valence-corrected chi connectivity index (χ2v) is 6.83. The molecule has 1 aromatic carbocycles. The van der Waals surface area contributed by atoms with Crippen LogP contribution in [0.4, 0.5) is 0 Å². The number of thiazole rings is 2. The van der Waals surface area contributed by atoms with E-state index in [0.717, 1.165) is 29.2 Å². The van der Waals surface area contributed by atoms with E-state index in [4.69, 9.17) is 0 Å². The summed E-state index contributed by atoms with van der Waals surface area (Å²) in [6.45, 7) is 5.14. The first-order chi connectivity index (χ1) is 9.72. The van der Waals surface area contributed by atoms with Gasteiger partial charge in [-0.05, 0) is 26.0 Å². The van der Waals surface area contributed by atoms with Crippen molar-refractivity contribution < 1.29 is 0 Å². The van der Waals surface area contributed by atoms with Crippen molar-refractivity contribution in [2.75, 3.05) is 6.54 Å². The SMILES string of the molecule is Cc1csc(CCNC(C)c2nc3ccccc3s2)n1. The normalized spacial score (nSPS) is 12.9. The highest BCUT2D eigenvalue weighted by atomic mass is 32.1. The van der Waals surface area contributed by atoms with E-state index < -0.39 is 0 Å². The third-order valence-corrected chi connectivity index (χ3v) is 5.38. The molecule has 0 saturated heterocycles. The van der Waals surface area contributed by atoms with Crippen molar-refractivity contribution >= 4 is 32.9 Å². The molecule has 0 fully saturated rings. The summed E-state index contributed by atoms with van der Waals surface area (Å²) in [5, 5.41) is 7.99. The highest BCUT2D eigenvalue weighted by Crippen LogP contribution is 2.25. The lowest BCUT2D eigenvalue weighted by atomic mass is 10.3. The molecule has 1 atom stereocenters. The minimum Gasteiger partial charge on any atom is -0.308 e. The Balaban J connectivity index is 1.59. The smallest absolute Gasteiger partial charge is 0.111 e. The fraction of sp³-hybridized carbons (Fsp3) is 0.333. The van der Waals surface area contributed by atoms with Crippen LogP contribution in [0.1, 0.15) is 28.7 Å². The first-order valence-corrected chi connectivity index (χ1v) is 8.42. The van der Waals surface area contributed by atoms with Crippen LogP contribution in [0, 0.1) is 6.92 Å². The molecule has 1 unspecified atom stereocenters. The van der Waals surface area contributed by atoms with Gasteiger partial charge in [0, 0.05) is 24.0 Å². The molecular weight excluding hydrogens is 286 g/mol. The Morgan fingerprint density at radius 2 is 2.10 bits per heavy atom. The largest absolute Gasteiger partial charge is 0.308 e. The van der Waals surface area contributed by atoms with E-state index in [1.165, 1.54) is 9.71 Å². The zero-order chi connectivity index (χ0) is 13.9. The molecule has 0 radical (unpaired) electrons. The summed E-state index contributed by atoms with van der Waals surface area (Å²) >= 11 is 3.51. The number of rotatable bonds is 5. The molecule has 0 spiro atoms. The number of hydrogen-bond acceptors (Lipinski definition) is 5. The molecule has 3 nitrogen and oxygen atoms in total. The van der Waals surface area contributed by atoms with E-state index in [1.807, 2.05) is 13.0 Å². The van der Waals surface area contributed by atoms with Gasteiger partial charge in [-0.3, -0.25) is 0 Å². The Morgan fingerprint density at radius 3 is 2.85 bits per heavy atom. The summed E-state index contributed by atoms with van der Waals surface area (Å²) < 4.78 is 1.26. The van der Waals surface area contributed by atoms with Gasteiger partial charge >= 0.3 is 0 Å². The maximum atomic E-state index is 4.69. The van der Waals surface area contributed by atoms with E-state index >= 15 is 0 Å². The number of aromatic nitrogens is 2. The van der Waals surface area contributed by atoms with Gasteiger partial charge in [-0.25, -0.2) is 9.97 Å². The molecule has 0 amide bonds. The second-order valence-electron chi connectivity index (χ2n) is 4.83.